The molecule has 1 aliphatic heterocycles. The Bertz CT molecular complexity index is 133. The molecule has 2 atom stereocenters. The Morgan fingerprint density at radius 2 is 2.20 bits per heavy atom. The van der Waals surface area contributed by atoms with Gasteiger partial charge in [-0.15, -0.1) is 0 Å². The van der Waals surface area contributed by atoms with Gasteiger partial charge in [0, 0.05) is 13.6 Å². The van der Waals surface area contributed by atoms with E-state index in [-0.39, 0.29) is 18.1 Å². The third-order valence-corrected chi connectivity index (χ3v) is 1.69. The first kappa shape index (κ1) is 7.54. The van der Waals surface area contributed by atoms with Gasteiger partial charge in [0.15, 0.2) is 0 Å². The van der Waals surface area contributed by atoms with Crippen molar-refractivity contribution in [2.24, 2.45) is 0 Å². The molecule has 0 aromatic carbocycles. The number of ether oxygens (including phenoxy) is 1. The van der Waals surface area contributed by atoms with E-state index in [1.807, 2.05) is 6.92 Å². The second-order valence-corrected chi connectivity index (χ2v) is 2.81. The van der Waals surface area contributed by atoms with E-state index in [0.29, 0.717) is 6.54 Å². The molecular formula is C7H13NO2. The summed E-state index contributed by atoms with van der Waals surface area (Å²) in [5, 5.41) is 0. The number of hydrogen-bond donors (Lipinski definition) is 0. The molecule has 0 spiro atoms. The van der Waals surface area contributed by atoms with Gasteiger partial charge in [0.25, 0.3) is 5.91 Å². The fourth-order valence-corrected chi connectivity index (χ4v) is 1.24. The number of morpholine rings is 1. The number of nitrogens with zero attached hydrogens (tertiary/aromatic N) is 1. The van der Waals surface area contributed by atoms with E-state index >= 15 is 0 Å². The Morgan fingerprint density at radius 3 is 2.70 bits per heavy atom. The lowest BCUT2D eigenvalue weighted by Crippen LogP contribution is -2.47. The van der Waals surface area contributed by atoms with E-state index in [9.17, 15) is 4.79 Å². The van der Waals surface area contributed by atoms with E-state index in [0.717, 1.165) is 0 Å². The van der Waals surface area contributed by atoms with Crippen LogP contribution in [0.25, 0.3) is 0 Å². The van der Waals surface area contributed by atoms with Crippen molar-refractivity contribution in [2.75, 3.05) is 13.6 Å². The first-order valence-electron chi connectivity index (χ1n) is 3.51. The molecule has 1 rings (SSSR count). The van der Waals surface area contributed by atoms with Gasteiger partial charge in [-0.1, -0.05) is 0 Å². The molecule has 0 aromatic heterocycles. The summed E-state index contributed by atoms with van der Waals surface area (Å²) in [7, 11) is 1.80. The highest BCUT2D eigenvalue weighted by Crippen LogP contribution is 2.09. The molecule has 1 saturated heterocycles. The van der Waals surface area contributed by atoms with Crippen molar-refractivity contribution in [3.05, 3.63) is 0 Å². The molecule has 0 saturated carbocycles. The van der Waals surface area contributed by atoms with E-state index < -0.39 is 0 Å². The Morgan fingerprint density at radius 1 is 1.60 bits per heavy atom. The van der Waals surface area contributed by atoms with Crippen molar-refractivity contribution in [1.82, 2.24) is 4.90 Å². The maximum atomic E-state index is 11.1. The monoisotopic (exact) mass is 143 g/mol. The molecule has 10 heavy (non-hydrogen) atoms. The number of amides is 1. The Balaban J connectivity index is 2.57. The van der Waals surface area contributed by atoms with Crippen LogP contribution < -0.4 is 0 Å². The van der Waals surface area contributed by atoms with Crippen LogP contribution in [0.5, 0.6) is 0 Å². The van der Waals surface area contributed by atoms with Crippen LogP contribution in [0.1, 0.15) is 13.8 Å². The van der Waals surface area contributed by atoms with Gasteiger partial charge < -0.3 is 9.64 Å². The first-order chi connectivity index (χ1) is 4.61. The lowest BCUT2D eigenvalue weighted by molar-refractivity contribution is -0.156. The summed E-state index contributed by atoms with van der Waals surface area (Å²) in [5.74, 6) is 0.0816. The van der Waals surface area contributed by atoms with Gasteiger partial charge >= 0.3 is 0 Å². The predicted molar refractivity (Wildman–Crippen MR) is 37.6 cm³/mol. The predicted octanol–water partition coefficient (Wildman–Crippen LogP) is 0.252. The number of carbonyl (C=O) groups is 1. The van der Waals surface area contributed by atoms with E-state index in [1.165, 1.54) is 0 Å². The number of likely N-dealkylation sites (N-methyl/N-ethyl adjacent to an activating group) is 1. The average molecular weight is 143 g/mol. The van der Waals surface area contributed by atoms with Gasteiger partial charge in [0.2, 0.25) is 0 Å². The van der Waals surface area contributed by atoms with Crippen LogP contribution in [0.15, 0.2) is 0 Å². The van der Waals surface area contributed by atoms with Crippen LogP contribution in [0, 0.1) is 0 Å². The standard InChI is InChI=1S/C7H13NO2/c1-5-4-8(3)7(9)6(2)10-5/h5-6H,4H2,1-3H3/t5-,6+/m1/s1. The fourth-order valence-electron chi connectivity index (χ4n) is 1.24. The van der Waals surface area contributed by atoms with Crippen LogP contribution in [-0.4, -0.2) is 36.6 Å². The van der Waals surface area contributed by atoms with Crippen LogP contribution in [-0.2, 0) is 9.53 Å². The summed E-state index contributed by atoms with van der Waals surface area (Å²) < 4.78 is 5.28. The zero-order chi connectivity index (χ0) is 7.72. The van der Waals surface area contributed by atoms with E-state index in [2.05, 4.69) is 0 Å². The van der Waals surface area contributed by atoms with E-state index in [1.54, 1.807) is 18.9 Å². The zero-order valence-corrected chi connectivity index (χ0v) is 6.63. The molecule has 58 valence electrons. The normalized spacial score (nSPS) is 34.7. The van der Waals surface area contributed by atoms with Gasteiger partial charge in [-0.3, -0.25) is 4.79 Å². The van der Waals surface area contributed by atoms with Gasteiger partial charge in [-0.25, -0.2) is 0 Å². The Kier molecular flexibility index (Phi) is 1.94. The minimum atomic E-state index is -0.256. The molecule has 0 unspecified atom stereocenters. The molecule has 0 N–H and O–H groups in total. The highest BCUT2D eigenvalue weighted by molar-refractivity contribution is 5.80. The Labute approximate surface area is 61.0 Å². The summed E-state index contributed by atoms with van der Waals surface area (Å²) in [6.07, 6.45) is -0.0774. The first-order valence-corrected chi connectivity index (χ1v) is 3.51. The summed E-state index contributed by atoms with van der Waals surface area (Å²) in [6, 6.07) is 0. The second-order valence-electron chi connectivity index (χ2n) is 2.81. The molecule has 0 radical (unpaired) electrons. The number of carbonyl (C=O) groups excluding carboxylic acids is 1. The second kappa shape index (κ2) is 2.58. The summed E-state index contributed by atoms with van der Waals surface area (Å²) in [6.45, 7) is 4.47. The quantitative estimate of drug-likeness (QED) is 0.486. The molecule has 1 amide bonds. The summed E-state index contributed by atoms with van der Waals surface area (Å²) in [5.41, 5.74) is 0. The lowest BCUT2D eigenvalue weighted by atomic mass is 10.2. The van der Waals surface area contributed by atoms with Crippen molar-refractivity contribution in [2.45, 2.75) is 26.1 Å². The number of hydrogen-bond acceptors (Lipinski definition) is 2. The molecule has 1 heterocycles. The molecule has 1 fully saturated rings. The van der Waals surface area contributed by atoms with Crippen molar-refractivity contribution >= 4 is 5.91 Å². The highest BCUT2D eigenvalue weighted by Gasteiger charge is 2.26. The van der Waals surface area contributed by atoms with Crippen LogP contribution in [0.3, 0.4) is 0 Å². The maximum absolute atomic E-state index is 11.1. The van der Waals surface area contributed by atoms with Crippen molar-refractivity contribution < 1.29 is 9.53 Å². The summed E-state index contributed by atoms with van der Waals surface area (Å²) in [4.78, 5) is 12.8. The van der Waals surface area contributed by atoms with Gasteiger partial charge in [-0.2, -0.15) is 0 Å². The van der Waals surface area contributed by atoms with Gasteiger partial charge in [0.05, 0.1) is 6.10 Å². The van der Waals surface area contributed by atoms with Crippen LogP contribution in [0.2, 0.25) is 0 Å². The van der Waals surface area contributed by atoms with Gasteiger partial charge in [0.1, 0.15) is 6.10 Å². The maximum Gasteiger partial charge on any atom is 0.251 e. The molecule has 0 aliphatic carbocycles. The largest absolute Gasteiger partial charge is 0.364 e. The third kappa shape index (κ3) is 1.29. The smallest absolute Gasteiger partial charge is 0.251 e. The molecular weight excluding hydrogens is 130 g/mol. The summed E-state index contributed by atoms with van der Waals surface area (Å²) >= 11 is 0. The molecule has 1 aliphatic rings. The zero-order valence-electron chi connectivity index (χ0n) is 6.63. The molecule has 0 aromatic rings. The third-order valence-electron chi connectivity index (χ3n) is 1.69. The van der Waals surface area contributed by atoms with Crippen LogP contribution >= 0.6 is 0 Å². The fraction of sp³-hybridized carbons (Fsp3) is 0.857. The Hall–Kier alpha value is -0.570. The van der Waals surface area contributed by atoms with Crippen LogP contribution in [0.4, 0.5) is 0 Å². The minimum absolute atomic E-state index is 0.0816. The topological polar surface area (TPSA) is 29.5 Å². The number of rotatable bonds is 0. The minimum Gasteiger partial charge on any atom is -0.364 e. The molecule has 0 bridgehead atoms. The van der Waals surface area contributed by atoms with Crippen molar-refractivity contribution in [1.29, 1.82) is 0 Å². The molecule has 3 heteroatoms. The van der Waals surface area contributed by atoms with Crippen molar-refractivity contribution in [3.8, 4) is 0 Å². The average Bonchev–Trinajstić information content (AvgIpc) is 1.82. The lowest BCUT2D eigenvalue weighted by Gasteiger charge is -2.31. The SMILES string of the molecule is C[C@@H]1CN(C)C(=O)[C@H](C)O1. The van der Waals surface area contributed by atoms with Gasteiger partial charge in [-0.05, 0) is 13.8 Å². The highest BCUT2D eigenvalue weighted by atomic mass is 16.5. The molecule has 3 nitrogen and oxygen atoms in total. The van der Waals surface area contributed by atoms with E-state index in [4.69, 9.17) is 4.74 Å². The van der Waals surface area contributed by atoms with Crippen molar-refractivity contribution in [3.63, 3.8) is 0 Å².